The summed E-state index contributed by atoms with van der Waals surface area (Å²) < 4.78 is 2.25. The van der Waals surface area contributed by atoms with E-state index in [1.807, 2.05) is 6.20 Å². The van der Waals surface area contributed by atoms with E-state index in [1.165, 1.54) is 35.4 Å². The van der Waals surface area contributed by atoms with E-state index in [4.69, 9.17) is 0 Å². The number of nitrogens with zero attached hydrogens (tertiary/aromatic N) is 2. The molecule has 1 aromatic rings. The number of hydrogen-bond donors (Lipinski definition) is 0. The fourth-order valence-corrected chi connectivity index (χ4v) is 2.24. The van der Waals surface area contributed by atoms with Gasteiger partial charge in [0.1, 0.15) is 5.82 Å². The van der Waals surface area contributed by atoms with Gasteiger partial charge in [-0.2, -0.15) is 0 Å². The van der Waals surface area contributed by atoms with Gasteiger partial charge in [-0.05, 0) is 41.0 Å². The molecule has 0 bridgehead atoms. The molecule has 0 aromatic carbocycles. The summed E-state index contributed by atoms with van der Waals surface area (Å²) in [6, 6.07) is 0. The van der Waals surface area contributed by atoms with E-state index in [-0.39, 0.29) is 0 Å². The molecule has 0 spiro atoms. The van der Waals surface area contributed by atoms with Crippen LogP contribution < -0.4 is 0 Å². The smallest absolute Gasteiger partial charge is 0.110 e. The second kappa shape index (κ2) is 6.58. The Morgan fingerprint density at radius 3 is 2.50 bits per heavy atom. The minimum Gasteiger partial charge on any atom is -0.305 e. The second-order valence-electron chi connectivity index (χ2n) is 5.05. The highest BCUT2D eigenvalue weighted by Gasteiger charge is 2.09. The van der Waals surface area contributed by atoms with Crippen LogP contribution in [-0.4, -0.2) is 9.55 Å². The molecule has 0 fully saturated rings. The molecule has 2 nitrogen and oxygen atoms in total. The summed E-state index contributed by atoms with van der Waals surface area (Å²) in [7, 11) is 0. The summed E-state index contributed by atoms with van der Waals surface area (Å²) in [4.78, 5) is 4.44. The molecule has 0 unspecified atom stereocenters. The predicted octanol–water partition coefficient (Wildman–Crippen LogP) is 4.75. The molecule has 0 N–H and O–H groups in total. The molecule has 0 amide bonds. The van der Waals surface area contributed by atoms with Crippen LogP contribution in [0.3, 0.4) is 0 Å². The molecular weight excluding hydrogens is 220 g/mol. The van der Waals surface area contributed by atoms with E-state index in [0.717, 1.165) is 12.2 Å². The van der Waals surface area contributed by atoms with Crippen molar-refractivity contribution in [3.05, 3.63) is 34.9 Å². The number of aromatic nitrogens is 2. The van der Waals surface area contributed by atoms with E-state index < -0.39 is 0 Å². The third-order valence-corrected chi connectivity index (χ3v) is 3.58. The number of allylic oxidation sites excluding steroid dienone is 4. The van der Waals surface area contributed by atoms with Gasteiger partial charge in [0.2, 0.25) is 0 Å². The molecule has 1 heterocycles. The average molecular weight is 246 g/mol. The second-order valence-corrected chi connectivity index (χ2v) is 5.05. The Hall–Kier alpha value is -1.31. The van der Waals surface area contributed by atoms with E-state index in [9.17, 15) is 0 Å². The first-order valence-electron chi connectivity index (χ1n) is 6.83. The Balaban J connectivity index is 3.03. The van der Waals surface area contributed by atoms with Gasteiger partial charge < -0.3 is 4.57 Å². The quantitative estimate of drug-likeness (QED) is 0.685. The highest BCUT2D eigenvalue weighted by atomic mass is 15.1. The molecule has 0 saturated heterocycles. The largest absolute Gasteiger partial charge is 0.305 e. The van der Waals surface area contributed by atoms with Gasteiger partial charge >= 0.3 is 0 Å². The van der Waals surface area contributed by atoms with Gasteiger partial charge in [-0.1, -0.05) is 30.6 Å². The molecule has 1 aromatic heterocycles. The maximum absolute atomic E-state index is 4.44. The Labute approximate surface area is 111 Å². The summed E-state index contributed by atoms with van der Waals surface area (Å²) in [5.41, 5.74) is 5.53. The van der Waals surface area contributed by atoms with Gasteiger partial charge in [-0.3, -0.25) is 0 Å². The zero-order valence-corrected chi connectivity index (χ0v) is 12.7. The molecule has 0 radical (unpaired) electrons. The van der Waals surface area contributed by atoms with E-state index >= 15 is 0 Å². The van der Waals surface area contributed by atoms with E-state index in [2.05, 4.69) is 57.2 Å². The zero-order valence-electron chi connectivity index (χ0n) is 12.7. The van der Waals surface area contributed by atoms with E-state index in [0.29, 0.717) is 0 Å². The topological polar surface area (TPSA) is 17.8 Å². The lowest BCUT2D eigenvalue weighted by molar-refractivity contribution is 0.859. The third kappa shape index (κ3) is 3.34. The Kier molecular flexibility index (Phi) is 5.39. The van der Waals surface area contributed by atoms with Crippen LogP contribution in [0.2, 0.25) is 0 Å². The number of rotatable bonds is 5. The van der Waals surface area contributed by atoms with Crippen molar-refractivity contribution in [3.63, 3.8) is 0 Å². The SMILES string of the molecule is C/C=C(/C)n1c(C/C(C)=C(/C)CCC)cnc1C. The Morgan fingerprint density at radius 1 is 1.28 bits per heavy atom. The van der Waals surface area contributed by atoms with Crippen LogP contribution in [-0.2, 0) is 6.42 Å². The van der Waals surface area contributed by atoms with Crippen LogP contribution in [0.25, 0.3) is 5.70 Å². The Bertz CT molecular complexity index is 461. The summed E-state index contributed by atoms with van der Waals surface area (Å²) in [6.07, 6.45) is 7.55. The molecule has 100 valence electrons. The van der Waals surface area contributed by atoms with Crippen LogP contribution in [0, 0.1) is 6.92 Å². The minimum absolute atomic E-state index is 0.998. The molecule has 18 heavy (non-hydrogen) atoms. The van der Waals surface area contributed by atoms with Crippen molar-refractivity contribution >= 4 is 5.70 Å². The van der Waals surface area contributed by atoms with Crippen molar-refractivity contribution in [2.45, 2.75) is 60.8 Å². The summed E-state index contributed by atoms with van der Waals surface area (Å²) in [6.45, 7) is 13.0. The van der Waals surface area contributed by atoms with Crippen molar-refractivity contribution in [2.24, 2.45) is 0 Å². The summed E-state index contributed by atoms with van der Waals surface area (Å²) in [5.74, 6) is 1.07. The highest BCUT2D eigenvalue weighted by Crippen LogP contribution is 2.19. The lowest BCUT2D eigenvalue weighted by Crippen LogP contribution is -2.03. The maximum atomic E-state index is 4.44. The van der Waals surface area contributed by atoms with Gasteiger partial charge in [-0.15, -0.1) is 0 Å². The van der Waals surface area contributed by atoms with Gasteiger partial charge in [0.25, 0.3) is 0 Å². The predicted molar refractivity (Wildman–Crippen MR) is 79.6 cm³/mol. The molecule has 0 saturated carbocycles. The standard InChI is InChI=1S/C16H26N2/c1-7-9-12(3)13(4)10-16-11-17-15(6)18(16)14(5)8-2/h8,11H,7,9-10H2,1-6H3/b13-12-,14-8-. The first-order valence-corrected chi connectivity index (χ1v) is 6.83. The van der Waals surface area contributed by atoms with Gasteiger partial charge in [0.15, 0.2) is 0 Å². The molecule has 0 aliphatic heterocycles. The number of aryl methyl sites for hydroxylation is 1. The summed E-state index contributed by atoms with van der Waals surface area (Å²) >= 11 is 0. The lowest BCUT2D eigenvalue weighted by Gasteiger charge is -2.12. The zero-order chi connectivity index (χ0) is 13.7. The lowest BCUT2D eigenvalue weighted by atomic mass is 10.0. The van der Waals surface area contributed by atoms with Gasteiger partial charge in [-0.25, -0.2) is 4.98 Å². The fraction of sp³-hybridized carbons (Fsp3) is 0.562. The van der Waals surface area contributed by atoms with Crippen LogP contribution in [0.15, 0.2) is 23.4 Å². The molecule has 1 rings (SSSR count). The van der Waals surface area contributed by atoms with Crippen molar-refractivity contribution in [3.8, 4) is 0 Å². The first kappa shape index (κ1) is 14.7. The molecule has 2 heteroatoms. The van der Waals surface area contributed by atoms with Crippen LogP contribution in [0.4, 0.5) is 0 Å². The Morgan fingerprint density at radius 2 is 1.94 bits per heavy atom. The highest BCUT2D eigenvalue weighted by molar-refractivity contribution is 5.45. The average Bonchev–Trinajstić information content (AvgIpc) is 2.70. The third-order valence-electron chi connectivity index (χ3n) is 3.58. The monoisotopic (exact) mass is 246 g/mol. The molecule has 0 aliphatic rings. The fourth-order valence-electron chi connectivity index (χ4n) is 2.24. The van der Waals surface area contributed by atoms with Crippen LogP contribution >= 0.6 is 0 Å². The van der Waals surface area contributed by atoms with Crippen molar-refractivity contribution < 1.29 is 0 Å². The van der Waals surface area contributed by atoms with Crippen LogP contribution in [0.5, 0.6) is 0 Å². The van der Waals surface area contributed by atoms with Crippen molar-refractivity contribution in [1.82, 2.24) is 9.55 Å². The van der Waals surface area contributed by atoms with Crippen LogP contribution in [0.1, 0.15) is 59.0 Å². The first-order chi connectivity index (χ1) is 8.51. The van der Waals surface area contributed by atoms with Gasteiger partial charge in [0.05, 0.1) is 0 Å². The van der Waals surface area contributed by atoms with Crippen molar-refractivity contribution in [1.29, 1.82) is 0 Å². The number of hydrogen-bond acceptors (Lipinski definition) is 1. The maximum Gasteiger partial charge on any atom is 0.110 e. The van der Waals surface area contributed by atoms with Crippen molar-refractivity contribution in [2.75, 3.05) is 0 Å². The van der Waals surface area contributed by atoms with E-state index in [1.54, 1.807) is 0 Å². The summed E-state index contributed by atoms with van der Waals surface area (Å²) in [5, 5.41) is 0. The molecule has 0 atom stereocenters. The molecule has 0 aliphatic carbocycles. The minimum atomic E-state index is 0.998. The van der Waals surface area contributed by atoms with Gasteiger partial charge in [0, 0.05) is 24.0 Å². The normalized spacial score (nSPS) is 13.8. The molecular formula is C16H26N2. The number of imidazole rings is 1.